The van der Waals surface area contributed by atoms with Crippen LogP contribution in [0, 0.1) is 12.8 Å². The Hall–Kier alpha value is -3.95. The average molecular weight is 506 g/mol. The number of carbonyl (C=O) groups is 2. The maximum atomic E-state index is 12.9. The largest absolute Gasteiger partial charge is 0.461 e. The van der Waals surface area contributed by atoms with E-state index in [1.165, 1.54) is 0 Å². The third kappa shape index (κ3) is 6.44. The number of nitrogen functional groups attached to an aromatic ring is 2. The van der Waals surface area contributed by atoms with E-state index in [1.807, 2.05) is 32.9 Å². The Kier molecular flexibility index (Phi) is 8.05. The van der Waals surface area contributed by atoms with Gasteiger partial charge in [0.05, 0.1) is 5.39 Å². The van der Waals surface area contributed by atoms with Crippen LogP contribution in [0.4, 0.5) is 17.5 Å². The summed E-state index contributed by atoms with van der Waals surface area (Å²) in [6, 6.07) is 6.44. The van der Waals surface area contributed by atoms with Crippen LogP contribution in [-0.2, 0) is 16.1 Å². The summed E-state index contributed by atoms with van der Waals surface area (Å²) in [7, 11) is 0. The lowest BCUT2D eigenvalue weighted by Crippen LogP contribution is -2.43. The van der Waals surface area contributed by atoms with Crippen LogP contribution in [-0.4, -0.2) is 39.0 Å². The summed E-state index contributed by atoms with van der Waals surface area (Å²) in [6.07, 6.45) is 6.17. The van der Waals surface area contributed by atoms with E-state index in [0.29, 0.717) is 35.4 Å². The molecule has 196 valence electrons. The van der Waals surface area contributed by atoms with Gasteiger partial charge in [-0.05, 0) is 80.3 Å². The molecule has 2 aromatic heterocycles. The first kappa shape index (κ1) is 26.1. The number of pyridine rings is 1. The van der Waals surface area contributed by atoms with Gasteiger partial charge in [0.2, 0.25) is 5.95 Å². The molecule has 1 unspecified atom stereocenters. The second kappa shape index (κ2) is 11.4. The molecule has 1 atom stereocenters. The van der Waals surface area contributed by atoms with Crippen molar-refractivity contribution in [1.29, 1.82) is 0 Å². The Morgan fingerprint density at radius 3 is 2.49 bits per heavy atom. The van der Waals surface area contributed by atoms with Gasteiger partial charge >= 0.3 is 5.97 Å². The molecule has 10 heteroatoms. The van der Waals surface area contributed by atoms with Crippen LogP contribution in [0.25, 0.3) is 11.0 Å². The summed E-state index contributed by atoms with van der Waals surface area (Å²) in [4.78, 5) is 38.2. The Bertz CT molecular complexity index is 1270. The summed E-state index contributed by atoms with van der Waals surface area (Å²) in [5.41, 5.74) is 15.3. The summed E-state index contributed by atoms with van der Waals surface area (Å²) in [5.74, 6) is -0.0220. The summed E-state index contributed by atoms with van der Waals surface area (Å²) in [6.45, 7) is 6.47. The monoisotopic (exact) mass is 505 g/mol. The second-order valence-corrected chi connectivity index (χ2v) is 10.0. The number of carbonyl (C=O) groups excluding carboxylic acids is 2. The van der Waals surface area contributed by atoms with E-state index in [1.54, 1.807) is 18.3 Å². The van der Waals surface area contributed by atoms with Crippen molar-refractivity contribution in [2.45, 2.75) is 71.6 Å². The number of benzene rings is 1. The van der Waals surface area contributed by atoms with Gasteiger partial charge in [-0.1, -0.05) is 13.8 Å². The number of ether oxygens (including phenoxy) is 1. The molecule has 0 radical (unpaired) electrons. The number of hydrogen-bond acceptors (Lipinski definition) is 9. The zero-order valence-electron chi connectivity index (χ0n) is 21.6. The molecule has 10 nitrogen and oxygen atoms in total. The second-order valence-electron chi connectivity index (χ2n) is 10.0. The van der Waals surface area contributed by atoms with Crippen molar-refractivity contribution in [3.63, 3.8) is 0 Å². The van der Waals surface area contributed by atoms with Gasteiger partial charge in [0.25, 0.3) is 5.91 Å². The van der Waals surface area contributed by atoms with Crippen LogP contribution < -0.4 is 22.1 Å². The van der Waals surface area contributed by atoms with Crippen LogP contribution in [0.2, 0.25) is 0 Å². The highest BCUT2D eigenvalue weighted by atomic mass is 16.5. The lowest BCUT2D eigenvalue weighted by atomic mass is 10.0. The molecule has 1 fully saturated rings. The lowest BCUT2D eigenvalue weighted by molar-refractivity contribution is -0.151. The number of anilines is 3. The van der Waals surface area contributed by atoms with Gasteiger partial charge in [0.1, 0.15) is 18.0 Å². The topological polar surface area (TPSA) is 158 Å². The number of nitrogens with zero attached hydrogens (tertiary/aromatic N) is 3. The predicted molar refractivity (Wildman–Crippen MR) is 144 cm³/mol. The summed E-state index contributed by atoms with van der Waals surface area (Å²) in [5, 5.41) is 6.89. The Balaban J connectivity index is 1.39. The fourth-order valence-corrected chi connectivity index (χ4v) is 4.63. The molecule has 1 amide bonds. The van der Waals surface area contributed by atoms with Crippen molar-refractivity contribution in [3.8, 4) is 0 Å². The Morgan fingerprint density at radius 1 is 1.11 bits per heavy atom. The van der Waals surface area contributed by atoms with E-state index in [0.717, 1.165) is 42.5 Å². The minimum absolute atomic E-state index is 0.0343. The molecule has 37 heavy (non-hydrogen) atoms. The third-order valence-corrected chi connectivity index (χ3v) is 6.65. The number of nitrogens with two attached hydrogens (primary N) is 2. The first-order valence-electron chi connectivity index (χ1n) is 12.7. The number of esters is 1. The van der Waals surface area contributed by atoms with Gasteiger partial charge in [-0.15, -0.1) is 0 Å². The standard InChI is InChI=1S/C27H35N7O3/c1-15(2)12-21(26(36)37-20-6-4-5-7-20)32-25(35)17-8-10-19(11-9-17)30-13-18-14-31-24-22(16(18)3)23(28)33-27(29)34-24/h8-11,14-15,20-21,30H,4-7,12-13H2,1-3H3,(H,32,35)(H4,28,29,31,33,34). The number of nitrogens with one attached hydrogen (secondary N) is 2. The zero-order valence-corrected chi connectivity index (χ0v) is 21.6. The van der Waals surface area contributed by atoms with Gasteiger partial charge < -0.3 is 26.8 Å². The van der Waals surface area contributed by atoms with E-state index in [4.69, 9.17) is 16.2 Å². The van der Waals surface area contributed by atoms with E-state index in [9.17, 15) is 9.59 Å². The highest BCUT2D eigenvalue weighted by Gasteiger charge is 2.28. The number of rotatable bonds is 9. The van der Waals surface area contributed by atoms with Crippen LogP contribution >= 0.6 is 0 Å². The highest BCUT2D eigenvalue weighted by molar-refractivity contribution is 5.97. The number of aromatic nitrogens is 3. The molecule has 3 aromatic rings. The first-order chi connectivity index (χ1) is 17.7. The van der Waals surface area contributed by atoms with E-state index in [-0.39, 0.29) is 29.8 Å². The molecular weight excluding hydrogens is 470 g/mol. The number of amides is 1. The van der Waals surface area contributed by atoms with Crippen molar-refractivity contribution in [2.24, 2.45) is 5.92 Å². The van der Waals surface area contributed by atoms with Crippen LogP contribution in [0.3, 0.4) is 0 Å². The molecule has 0 bridgehead atoms. The zero-order chi connectivity index (χ0) is 26.5. The fraction of sp³-hybridized carbons (Fsp3) is 0.444. The maximum absolute atomic E-state index is 12.9. The predicted octanol–water partition coefficient (Wildman–Crippen LogP) is 3.74. The van der Waals surface area contributed by atoms with E-state index in [2.05, 4.69) is 25.6 Å². The first-order valence-corrected chi connectivity index (χ1v) is 12.7. The lowest BCUT2D eigenvalue weighted by Gasteiger charge is -2.21. The number of hydrogen-bond donors (Lipinski definition) is 4. The average Bonchev–Trinajstić information content (AvgIpc) is 3.36. The molecule has 0 saturated heterocycles. The molecular formula is C27H35N7O3. The molecule has 0 aliphatic heterocycles. The van der Waals surface area contributed by atoms with Gasteiger partial charge in [-0.2, -0.15) is 9.97 Å². The molecule has 0 spiro atoms. The number of aryl methyl sites for hydroxylation is 1. The van der Waals surface area contributed by atoms with Crippen molar-refractivity contribution in [3.05, 3.63) is 47.2 Å². The van der Waals surface area contributed by atoms with E-state index < -0.39 is 6.04 Å². The van der Waals surface area contributed by atoms with Crippen LogP contribution in [0.1, 0.15) is 67.4 Å². The minimum atomic E-state index is -0.666. The van der Waals surface area contributed by atoms with Gasteiger partial charge in [0, 0.05) is 24.0 Å². The normalized spacial score (nSPS) is 14.6. The van der Waals surface area contributed by atoms with Crippen molar-refractivity contribution in [1.82, 2.24) is 20.3 Å². The quantitative estimate of drug-likeness (QED) is 0.318. The van der Waals surface area contributed by atoms with Gasteiger partial charge in [-0.25, -0.2) is 9.78 Å². The molecule has 1 aromatic carbocycles. The molecule has 1 saturated carbocycles. The molecule has 1 aliphatic carbocycles. The minimum Gasteiger partial charge on any atom is -0.461 e. The smallest absolute Gasteiger partial charge is 0.328 e. The molecule has 6 N–H and O–H groups in total. The Labute approximate surface area is 216 Å². The van der Waals surface area contributed by atoms with Crippen molar-refractivity contribution in [2.75, 3.05) is 16.8 Å². The molecule has 1 aliphatic rings. The van der Waals surface area contributed by atoms with Crippen LogP contribution in [0.15, 0.2) is 30.5 Å². The van der Waals surface area contributed by atoms with Crippen LogP contribution in [0.5, 0.6) is 0 Å². The third-order valence-electron chi connectivity index (χ3n) is 6.65. The van der Waals surface area contributed by atoms with Gasteiger partial charge in [-0.3, -0.25) is 4.79 Å². The van der Waals surface area contributed by atoms with Gasteiger partial charge in [0.15, 0.2) is 5.65 Å². The van der Waals surface area contributed by atoms with Crippen molar-refractivity contribution < 1.29 is 14.3 Å². The molecule has 4 rings (SSSR count). The fourth-order valence-electron chi connectivity index (χ4n) is 4.63. The Morgan fingerprint density at radius 2 is 1.81 bits per heavy atom. The van der Waals surface area contributed by atoms with E-state index >= 15 is 0 Å². The summed E-state index contributed by atoms with van der Waals surface area (Å²) < 4.78 is 5.66. The maximum Gasteiger partial charge on any atom is 0.328 e. The highest BCUT2D eigenvalue weighted by Crippen LogP contribution is 2.25. The van der Waals surface area contributed by atoms with Crippen molar-refractivity contribution >= 4 is 40.4 Å². The SMILES string of the molecule is Cc1c(CNc2ccc(C(=O)NC(CC(C)C)C(=O)OC3CCCC3)cc2)cnc2nc(N)nc(N)c12. The number of fused-ring (bicyclic) bond motifs is 1. The summed E-state index contributed by atoms with van der Waals surface area (Å²) >= 11 is 0. The molecule has 2 heterocycles.